The number of aryl methyl sites for hydroxylation is 1. The number of carbonyl (C=O) groups excluding carboxylic acids is 2. The average Bonchev–Trinajstić information content (AvgIpc) is 2.76. The summed E-state index contributed by atoms with van der Waals surface area (Å²) in [6.45, 7) is 6.15. The van der Waals surface area contributed by atoms with Gasteiger partial charge in [0.25, 0.3) is 0 Å². The molecule has 3 rings (SSSR count). The highest BCUT2D eigenvalue weighted by molar-refractivity contribution is 5.93. The molecule has 0 saturated carbocycles. The van der Waals surface area contributed by atoms with E-state index in [1.165, 1.54) is 11.6 Å². The molecule has 0 bridgehead atoms. The van der Waals surface area contributed by atoms with Gasteiger partial charge in [0.05, 0.1) is 11.3 Å². The van der Waals surface area contributed by atoms with Gasteiger partial charge in [-0.15, -0.1) is 0 Å². The Morgan fingerprint density at radius 3 is 2.35 bits per heavy atom. The monoisotopic (exact) mass is 420 g/mol. The summed E-state index contributed by atoms with van der Waals surface area (Å²) in [7, 11) is 0. The van der Waals surface area contributed by atoms with Crippen LogP contribution in [0.15, 0.2) is 65.9 Å². The van der Waals surface area contributed by atoms with E-state index in [0.29, 0.717) is 47.0 Å². The highest BCUT2D eigenvalue weighted by atomic mass is 16.5. The number of ether oxygens (including phenoxy) is 2. The van der Waals surface area contributed by atoms with Gasteiger partial charge in [0, 0.05) is 12.0 Å². The maximum absolute atomic E-state index is 12.5. The van der Waals surface area contributed by atoms with Gasteiger partial charge in [-0.2, -0.15) is 0 Å². The first-order valence-electron chi connectivity index (χ1n) is 10.6. The van der Waals surface area contributed by atoms with E-state index in [0.717, 1.165) is 12.8 Å². The van der Waals surface area contributed by atoms with Crippen LogP contribution in [0.5, 0.6) is 11.5 Å². The Morgan fingerprint density at radius 1 is 1.00 bits per heavy atom. The molecule has 1 N–H and O–H groups in total. The second-order valence-corrected chi connectivity index (χ2v) is 7.97. The van der Waals surface area contributed by atoms with Gasteiger partial charge in [-0.3, -0.25) is 0 Å². The van der Waals surface area contributed by atoms with Crippen LogP contribution in [0.1, 0.15) is 54.6 Å². The molecule has 31 heavy (non-hydrogen) atoms. The first-order valence-corrected chi connectivity index (χ1v) is 10.6. The molecule has 0 radical (unpaired) electrons. The van der Waals surface area contributed by atoms with Gasteiger partial charge in [0.15, 0.2) is 0 Å². The SMILES string of the molecule is CCC(C)Cc1ccc(OC(=O)c2ccc(OC(=O)C3=CC=C(O)CC3)c(C)c2)cc1. The first kappa shape index (κ1) is 22.3. The summed E-state index contributed by atoms with van der Waals surface area (Å²) in [6, 6.07) is 12.4. The van der Waals surface area contributed by atoms with Crippen molar-refractivity contribution in [3.8, 4) is 11.5 Å². The predicted octanol–water partition coefficient (Wildman–Crippen LogP) is 5.87. The van der Waals surface area contributed by atoms with Crippen LogP contribution in [0.4, 0.5) is 0 Å². The van der Waals surface area contributed by atoms with Crippen LogP contribution in [-0.4, -0.2) is 17.0 Å². The van der Waals surface area contributed by atoms with Crippen molar-refractivity contribution in [3.05, 3.63) is 82.6 Å². The quantitative estimate of drug-likeness (QED) is 0.448. The number of esters is 2. The number of hydrogen-bond donors (Lipinski definition) is 1. The first-order chi connectivity index (χ1) is 14.9. The van der Waals surface area contributed by atoms with Gasteiger partial charge < -0.3 is 14.6 Å². The summed E-state index contributed by atoms with van der Waals surface area (Å²) >= 11 is 0. The van der Waals surface area contributed by atoms with Crippen LogP contribution in [0.25, 0.3) is 0 Å². The van der Waals surface area contributed by atoms with Crippen LogP contribution in [0.2, 0.25) is 0 Å². The van der Waals surface area contributed by atoms with Crippen LogP contribution in [-0.2, 0) is 11.2 Å². The van der Waals surface area contributed by atoms with E-state index >= 15 is 0 Å². The lowest BCUT2D eigenvalue weighted by Gasteiger charge is -2.13. The number of aliphatic hydroxyl groups excluding tert-OH is 1. The Balaban J connectivity index is 1.62. The molecule has 0 aliphatic heterocycles. The summed E-state index contributed by atoms with van der Waals surface area (Å²) in [5.74, 6) is 0.816. The molecule has 0 aromatic heterocycles. The molecule has 162 valence electrons. The lowest BCUT2D eigenvalue weighted by atomic mass is 9.99. The van der Waals surface area contributed by atoms with Crippen LogP contribution in [0.3, 0.4) is 0 Å². The van der Waals surface area contributed by atoms with E-state index < -0.39 is 11.9 Å². The maximum Gasteiger partial charge on any atom is 0.343 e. The topological polar surface area (TPSA) is 72.8 Å². The van der Waals surface area contributed by atoms with Crippen molar-refractivity contribution in [3.63, 3.8) is 0 Å². The van der Waals surface area contributed by atoms with Gasteiger partial charge >= 0.3 is 11.9 Å². The number of aliphatic hydroxyl groups is 1. The molecule has 0 heterocycles. The fraction of sp³-hybridized carbons (Fsp3) is 0.308. The zero-order valence-electron chi connectivity index (χ0n) is 18.2. The van der Waals surface area contributed by atoms with Gasteiger partial charge in [0.1, 0.15) is 11.5 Å². The third kappa shape index (κ3) is 6.07. The summed E-state index contributed by atoms with van der Waals surface area (Å²) in [4.78, 5) is 24.8. The zero-order valence-corrected chi connectivity index (χ0v) is 18.2. The van der Waals surface area contributed by atoms with Crippen molar-refractivity contribution in [1.29, 1.82) is 0 Å². The third-order valence-electron chi connectivity index (χ3n) is 5.42. The Kier molecular flexibility index (Phi) is 7.29. The summed E-state index contributed by atoms with van der Waals surface area (Å²) < 4.78 is 10.9. The fourth-order valence-electron chi connectivity index (χ4n) is 3.26. The smallest absolute Gasteiger partial charge is 0.343 e. The van der Waals surface area contributed by atoms with Crippen molar-refractivity contribution in [2.45, 2.75) is 46.5 Å². The van der Waals surface area contributed by atoms with Gasteiger partial charge in [0.2, 0.25) is 0 Å². The number of hydrogen-bond acceptors (Lipinski definition) is 5. The number of rotatable bonds is 7. The lowest BCUT2D eigenvalue weighted by Crippen LogP contribution is -2.14. The van der Waals surface area contributed by atoms with Crippen molar-refractivity contribution in [2.75, 3.05) is 0 Å². The Morgan fingerprint density at radius 2 is 1.74 bits per heavy atom. The van der Waals surface area contributed by atoms with Crippen LogP contribution >= 0.6 is 0 Å². The Labute approximate surface area is 183 Å². The zero-order chi connectivity index (χ0) is 22.4. The normalized spacial score (nSPS) is 14.3. The molecule has 0 spiro atoms. The number of allylic oxidation sites excluding steroid dienone is 3. The van der Waals surface area contributed by atoms with E-state index in [4.69, 9.17) is 9.47 Å². The van der Waals surface area contributed by atoms with Crippen LogP contribution in [0, 0.1) is 12.8 Å². The van der Waals surface area contributed by atoms with E-state index in [1.54, 1.807) is 31.2 Å². The van der Waals surface area contributed by atoms with Crippen molar-refractivity contribution in [1.82, 2.24) is 0 Å². The fourth-order valence-corrected chi connectivity index (χ4v) is 3.26. The molecule has 0 amide bonds. The molecule has 0 saturated heterocycles. The van der Waals surface area contributed by atoms with Crippen molar-refractivity contribution < 1.29 is 24.2 Å². The minimum Gasteiger partial charge on any atom is -0.512 e. The minimum absolute atomic E-state index is 0.251. The standard InChI is InChI=1S/C26H28O5/c1-4-17(2)15-19-5-12-23(13-6-19)30-26(29)21-9-14-24(18(3)16-21)31-25(28)20-7-10-22(27)11-8-20/h5-7,9-10,12-14,16-17,27H,4,8,11,15H2,1-3H3. The average molecular weight is 421 g/mol. The third-order valence-corrected chi connectivity index (χ3v) is 5.42. The largest absolute Gasteiger partial charge is 0.512 e. The molecule has 1 aliphatic rings. The molecular weight excluding hydrogens is 392 g/mol. The minimum atomic E-state index is -0.466. The van der Waals surface area contributed by atoms with E-state index in [9.17, 15) is 14.7 Å². The maximum atomic E-state index is 12.5. The highest BCUT2D eigenvalue weighted by Crippen LogP contribution is 2.24. The van der Waals surface area contributed by atoms with E-state index in [-0.39, 0.29) is 5.76 Å². The Bertz CT molecular complexity index is 1010. The molecule has 2 aromatic rings. The summed E-state index contributed by atoms with van der Waals surface area (Å²) in [5.41, 5.74) is 2.75. The van der Waals surface area contributed by atoms with Crippen LogP contribution < -0.4 is 9.47 Å². The van der Waals surface area contributed by atoms with E-state index in [2.05, 4.69) is 13.8 Å². The molecule has 0 fully saturated rings. The molecule has 2 aromatic carbocycles. The molecule has 5 heteroatoms. The predicted molar refractivity (Wildman–Crippen MR) is 119 cm³/mol. The second-order valence-electron chi connectivity index (χ2n) is 7.97. The lowest BCUT2D eigenvalue weighted by molar-refractivity contribution is -0.130. The van der Waals surface area contributed by atoms with Gasteiger partial charge in [-0.05, 0) is 79.3 Å². The number of benzene rings is 2. The molecular formula is C26H28O5. The van der Waals surface area contributed by atoms with Crippen molar-refractivity contribution >= 4 is 11.9 Å². The highest BCUT2D eigenvalue weighted by Gasteiger charge is 2.17. The summed E-state index contributed by atoms with van der Waals surface area (Å²) in [5, 5.41) is 9.41. The summed E-state index contributed by atoms with van der Waals surface area (Å²) in [6.07, 6.45) is 6.04. The van der Waals surface area contributed by atoms with E-state index in [1.807, 2.05) is 24.3 Å². The molecule has 5 nitrogen and oxygen atoms in total. The molecule has 1 atom stereocenters. The van der Waals surface area contributed by atoms with Gasteiger partial charge in [-0.25, -0.2) is 9.59 Å². The molecule has 1 aliphatic carbocycles. The molecule has 1 unspecified atom stereocenters. The van der Waals surface area contributed by atoms with Gasteiger partial charge in [-0.1, -0.05) is 32.4 Å². The second kappa shape index (κ2) is 10.1. The van der Waals surface area contributed by atoms with Crippen molar-refractivity contribution in [2.24, 2.45) is 5.92 Å². The number of carbonyl (C=O) groups is 2. The Hall–Kier alpha value is -3.34.